The Bertz CT molecular complexity index is 903. The number of carbonyl (C=O) groups is 2. The summed E-state index contributed by atoms with van der Waals surface area (Å²) < 4.78 is 24.3. The van der Waals surface area contributed by atoms with Gasteiger partial charge in [-0.05, 0) is 77.6 Å². The third-order valence-corrected chi connectivity index (χ3v) is 13.8. The number of urea groups is 2. The summed E-state index contributed by atoms with van der Waals surface area (Å²) in [6, 6.07) is 0.426. The van der Waals surface area contributed by atoms with E-state index in [1.54, 1.807) is 0 Å². The highest BCUT2D eigenvalue weighted by Crippen LogP contribution is 2.49. The lowest BCUT2D eigenvalue weighted by atomic mass is 9.80. The van der Waals surface area contributed by atoms with E-state index in [-0.39, 0.29) is 38.3 Å². The number of nitrogens with one attached hydrogen (secondary N) is 2. The normalized spacial score (nSPS) is 17.2. The number of nitrogens with zero attached hydrogens (tertiary/aromatic N) is 2. The van der Waals surface area contributed by atoms with Crippen molar-refractivity contribution in [1.29, 1.82) is 0 Å². The summed E-state index contributed by atoms with van der Waals surface area (Å²) in [7, 11) is -3.66. The Kier molecular flexibility index (Phi) is 27.1. The molecule has 0 aromatic heterocycles. The molecular weight excluding hydrogens is 685 g/mol. The van der Waals surface area contributed by atoms with Crippen molar-refractivity contribution in [3.63, 3.8) is 0 Å². The van der Waals surface area contributed by atoms with Gasteiger partial charge in [-0.2, -0.15) is 21.2 Å². The number of hydrogen-bond acceptors (Lipinski definition) is 6. The summed E-state index contributed by atoms with van der Waals surface area (Å²) in [5.74, 6) is 1.29. The Morgan fingerprint density at radius 3 is 1.39 bits per heavy atom. The van der Waals surface area contributed by atoms with E-state index >= 15 is 0 Å². The zero-order chi connectivity index (χ0) is 38.9. The number of hydrogen-bond donors (Lipinski definition) is 2. The summed E-state index contributed by atoms with van der Waals surface area (Å²) in [4.78, 5) is 31.3. The first-order chi connectivity index (χ1) is 24.3. The molecule has 2 fully saturated rings. The fourth-order valence-electron chi connectivity index (χ4n) is 7.25. The Morgan fingerprint density at radius 1 is 0.686 bits per heavy atom. The second kappa shape index (κ2) is 27.6. The average Bonchev–Trinajstić information content (AvgIpc) is 3.11. The number of amides is 4. The molecule has 0 aromatic carbocycles. The number of rotatable bonds is 21. The predicted octanol–water partition coefficient (Wildman–Crippen LogP) is 11.3. The summed E-state index contributed by atoms with van der Waals surface area (Å²) >= 11 is 0. The van der Waals surface area contributed by atoms with Gasteiger partial charge in [-0.1, -0.05) is 87.0 Å². The lowest BCUT2D eigenvalue weighted by Crippen LogP contribution is -2.49. The van der Waals surface area contributed by atoms with Gasteiger partial charge in [0, 0.05) is 40.5 Å². The molecule has 2 aliphatic rings. The molecule has 4 amide bonds. The van der Waals surface area contributed by atoms with E-state index in [1.807, 2.05) is 77.7 Å². The van der Waals surface area contributed by atoms with Crippen molar-refractivity contribution in [3.05, 3.63) is 0 Å². The fraction of sp³-hybridized carbons (Fsp3) is 0.949. The highest BCUT2D eigenvalue weighted by atomic mass is 32.3. The van der Waals surface area contributed by atoms with Gasteiger partial charge in [0.15, 0.2) is 0 Å². The van der Waals surface area contributed by atoms with Gasteiger partial charge in [0.2, 0.25) is 0 Å². The SMILES string of the molecule is CC.CC.CCOS(C)(CN(C(=O)NCCC(C)(C)CC(C)CNC(=O)N(CS(C)(OCC)OCC)C1CCCCC1)C1CCCCC1)OCC.[HH].[HH]. The molecule has 0 saturated heterocycles. The smallest absolute Gasteiger partial charge is 0.318 e. The first-order valence-corrected chi connectivity index (χ1v) is 24.6. The molecule has 0 radical (unpaired) electrons. The van der Waals surface area contributed by atoms with Crippen molar-refractivity contribution in [3.8, 4) is 0 Å². The van der Waals surface area contributed by atoms with Crippen LogP contribution in [0.25, 0.3) is 0 Å². The first kappa shape index (κ1) is 50.1. The van der Waals surface area contributed by atoms with Crippen molar-refractivity contribution in [1.82, 2.24) is 20.4 Å². The second-order valence-electron chi connectivity index (χ2n) is 14.4. The quantitative estimate of drug-likeness (QED) is 0.120. The van der Waals surface area contributed by atoms with Crippen LogP contribution in [-0.2, 0) is 16.7 Å². The predicted molar refractivity (Wildman–Crippen MR) is 227 cm³/mol. The maximum absolute atomic E-state index is 13.7. The molecule has 0 bridgehead atoms. The van der Waals surface area contributed by atoms with Crippen LogP contribution < -0.4 is 10.6 Å². The van der Waals surface area contributed by atoms with E-state index in [0.717, 1.165) is 64.2 Å². The zero-order valence-corrected chi connectivity index (χ0v) is 37.2. The molecule has 0 spiro atoms. The van der Waals surface area contributed by atoms with E-state index in [4.69, 9.17) is 16.7 Å². The van der Waals surface area contributed by atoms with E-state index in [2.05, 4.69) is 31.4 Å². The lowest BCUT2D eigenvalue weighted by Gasteiger charge is -2.45. The molecule has 0 aliphatic heterocycles. The van der Waals surface area contributed by atoms with Crippen molar-refractivity contribution in [2.24, 2.45) is 11.3 Å². The van der Waals surface area contributed by atoms with Crippen LogP contribution in [0.5, 0.6) is 0 Å². The van der Waals surface area contributed by atoms with Crippen molar-refractivity contribution >= 4 is 33.2 Å². The Morgan fingerprint density at radius 2 is 1.04 bits per heavy atom. The minimum Gasteiger partial charge on any atom is -0.338 e. The van der Waals surface area contributed by atoms with Crippen LogP contribution in [0.15, 0.2) is 0 Å². The highest BCUT2D eigenvalue weighted by molar-refractivity contribution is 8.25. The highest BCUT2D eigenvalue weighted by Gasteiger charge is 2.33. The molecular formula is C39H88N4O6S2. The van der Waals surface area contributed by atoms with Crippen LogP contribution in [0.3, 0.4) is 0 Å². The van der Waals surface area contributed by atoms with Crippen LogP contribution in [0.2, 0.25) is 0 Å². The molecule has 0 heterocycles. The molecule has 0 aromatic rings. The van der Waals surface area contributed by atoms with Gasteiger partial charge in [0.1, 0.15) is 11.8 Å². The van der Waals surface area contributed by atoms with Gasteiger partial charge in [0.05, 0.1) is 26.4 Å². The van der Waals surface area contributed by atoms with Gasteiger partial charge in [0.25, 0.3) is 0 Å². The summed E-state index contributed by atoms with van der Waals surface area (Å²) in [6.45, 7) is 26.1. The maximum Gasteiger partial charge on any atom is 0.318 e. The second-order valence-corrected chi connectivity index (χ2v) is 19.6. The maximum atomic E-state index is 13.7. The van der Waals surface area contributed by atoms with Crippen molar-refractivity contribution in [2.45, 2.75) is 165 Å². The fourth-order valence-corrected chi connectivity index (χ4v) is 11.4. The van der Waals surface area contributed by atoms with Crippen molar-refractivity contribution in [2.75, 3.05) is 63.8 Å². The van der Waals surface area contributed by atoms with Crippen molar-refractivity contribution < 1.29 is 29.2 Å². The third-order valence-electron chi connectivity index (χ3n) is 9.35. The molecule has 1 unspecified atom stereocenters. The Labute approximate surface area is 322 Å². The van der Waals surface area contributed by atoms with Gasteiger partial charge in [-0.3, -0.25) is 16.7 Å². The zero-order valence-electron chi connectivity index (χ0n) is 35.5. The van der Waals surface area contributed by atoms with Crippen LogP contribution in [0, 0.1) is 11.3 Å². The Hall–Kier alpha value is -0.920. The van der Waals surface area contributed by atoms with Crippen LogP contribution in [-0.4, -0.2) is 97.7 Å². The molecule has 2 saturated carbocycles. The minimum absolute atomic E-state index is 0. The average molecular weight is 773 g/mol. The van der Waals surface area contributed by atoms with Crippen LogP contribution in [0.1, 0.15) is 156 Å². The lowest BCUT2D eigenvalue weighted by molar-refractivity contribution is 0.157. The summed E-state index contributed by atoms with van der Waals surface area (Å²) in [5.41, 5.74) is -0.000784. The van der Waals surface area contributed by atoms with Crippen LogP contribution in [0.4, 0.5) is 9.59 Å². The van der Waals surface area contributed by atoms with E-state index in [1.165, 1.54) is 12.8 Å². The van der Waals surface area contributed by atoms with Crippen LogP contribution >= 0.6 is 21.2 Å². The van der Waals surface area contributed by atoms with E-state index in [0.29, 0.717) is 51.3 Å². The molecule has 2 aliphatic carbocycles. The van der Waals surface area contributed by atoms with E-state index < -0.39 is 21.2 Å². The molecule has 2 N–H and O–H groups in total. The largest absolute Gasteiger partial charge is 0.338 e. The van der Waals surface area contributed by atoms with Gasteiger partial charge < -0.3 is 20.4 Å². The van der Waals surface area contributed by atoms with E-state index in [9.17, 15) is 9.59 Å². The summed E-state index contributed by atoms with van der Waals surface area (Å²) in [5, 5.41) is 6.52. The monoisotopic (exact) mass is 773 g/mol. The molecule has 2 rings (SSSR count). The Balaban J connectivity index is -0.00000402. The number of carbonyl (C=O) groups excluding carboxylic acids is 2. The van der Waals surface area contributed by atoms with Gasteiger partial charge >= 0.3 is 12.1 Å². The molecule has 12 heteroatoms. The van der Waals surface area contributed by atoms with Gasteiger partial charge in [-0.15, -0.1) is 0 Å². The summed E-state index contributed by atoms with van der Waals surface area (Å²) in [6.07, 6.45) is 17.1. The van der Waals surface area contributed by atoms with Gasteiger partial charge in [-0.25, -0.2) is 9.59 Å². The standard InChI is InChI=1S/C35H72N4O6S2.2C2H6.2H2/c1-10-42-46(8,43-11-2)28-38(31-20-16-14-17-21-31)33(40)36-25-24-35(6,7)26-30(5)27-37-34(41)39(32-22-18-15-19-23-32)29-47(9,44-12-3)45-13-4;2*1-2;;/h30-32H,10-29H2,1-9H3,(H,36,40)(H,37,41);2*1-2H3;2*1H. The topological polar surface area (TPSA) is 102 Å². The molecule has 10 nitrogen and oxygen atoms in total. The molecule has 51 heavy (non-hydrogen) atoms. The minimum atomic E-state index is -1.83. The molecule has 312 valence electrons. The molecule has 1 atom stereocenters. The first-order valence-electron chi connectivity index (χ1n) is 20.5. The third kappa shape index (κ3) is 19.8.